The molecule has 0 bridgehead atoms. The fraction of sp³-hybridized carbons (Fsp3) is 0.500. The third-order valence-electron chi connectivity index (χ3n) is 0.231. The van der Waals surface area contributed by atoms with Crippen molar-refractivity contribution in [1.82, 2.24) is 0 Å². The number of carbonyl (C=O) groups excluding carboxylic acids is 1. The second kappa shape index (κ2) is 23.0. The van der Waals surface area contributed by atoms with Crippen LogP contribution in [0.4, 0.5) is 13.2 Å². The summed E-state index contributed by atoms with van der Waals surface area (Å²) in [5.41, 5.74) is 0. The maximum atomic E-state index is 10.5. The molecule has 0 unspecified atom stereocenters. The van der Waals surface area contributed by atoms with Crippen molar-refractivity contribution in [3.63, 3.8) is 0 Å². The van der Waals surface area contributed by atoms with Crippen molar-refractivity contribution in [2.24, 2.45) is 0 Å². The van der Waals surface area contributed by atoms with Crippen molar-refractivity contribution < 1.29 is 79.3 Å². The number of aliphatic carboxylic acids is 1. The van der Waals surface area contributed by atoms with Gasteiger partial charge in [-0.1, -0.05) is 0 Å². The third kappa shape index (κ3) is 40.9. The molecule has 0 aliphatic rings. The van der Waals surface area contributed by atoms with Gasteiger partial charge >= 0.3 is 48.3 Å². The van der Waals surface area contributed by atoms with Crippen molar-refractivity contribution in [1.29, 1.82) is 0 Å². The van der Waals surface area contributed by atoms with Crippen LogP contribution in [0.5, 0.6) is 0 Å². The number of carbonyl (C=O) groups is 1. The number of hydrogen-bond acceptors (Lipinski definition) is 4. The van der Waals surface area contributed by atoms with Crippen molar-refractivity contribution >= 4 is 5.97 Å². The van der Waals surface area contributed by atoms with Crippen molar-refractivity contribution in [2.45, 2.75) is 6.18 Å². The second-order valence-corrected chi connectivity index (χ2v) is 0.785. The Kier molecular flexibility index (Phi) is 61.1. The Balaban J connectivity index is -0.0000000205. The first-order valence-corrected chi connectivity index (χ1v) is 2.73. The zero-order valence-corrected chi connectivity index (χ0v) is 8.59. The fourth-order valence-corrected chi connectivity index (χ4v) is 0. The Morgan fingerprint density at radius 3 is 1.00 bits per heavy atom. The molecule has 4 nitrogen and oxygen atoms in total. The monoisotopic (exact) mass is 304 g/mol. The standard InChI is InChI=1S/C2HF3O2.3FH.2O.2V/c3-2(4,5)1(6)7;;;;;;;/h(H,6,7);3*1H;;;;/q;;;;;;2*+2/p-4. The van der Waals surface area contributed by atoms with Crippen LogP contribution in [0.15, 0.2) is 0 Å². The Morgan fingerprint density at radius 1 is 0.929 bits per heavy atom. The van der Waals surface area contributed by atoms with Gasteiger partial charge in [-0.3, -0.25) is 0 Å². The van der Waals surface area contributed by atoms with Crippen LogP contribution in [-0.2, 0) is 46.9 Å². The van der Waals surface area contributed by atoms with Gasteiger partial charge in [-0.05, 0) is 0 Å². The van der Waals surface area contributed by atoms with Gasteiger partial charge in [0.05, 0.1) is 0 Å². The van der Waals surface area contributed by atoms with Crippen molar-refractivity contribution in [3.05, 3.63) is 0 Å². The van der Waals surface area contributed by atoms with E-state index in [1.54, 1.807) is 0 Å². The van der Waals surface area contributed by atoms with Crippen LogP contribution in [0.25, 0.3) is 0 Å². The normalized spacial score (nSPS) is 6.50. The van der Waals surface area contributed by atoms with Crippen LogP contribution in [0.2, 0.25) is 0 Å². The first kappa shape index (κ1) is 37.1. The zero-order valence-electron chi connectivity index (χ0n) is 5.80. The summed E-state index contributed by atoms with van der Waals surface area (Å²) in [7, 11) is 0. The molecule has 84 valence electrons. The van der Waals surface area contributed by atoms with Gasteiger partial charge in [-0.2, -0.15) is 13.2 Å². The molecule has 0 saturated heterocycles. The van der Waals surface area contributed by atoms with Crippen molar-refractivity contribution in [2.75, 3.05) is 0 Å². The van der Waals surface area contributed by atoms with E-state index in [0.29, 0.717) is 0 Å². The number of alkyl halides is 3. The van der Waals surface area contributed by atoms with E-state index in [4.69, 9.17) is 17.2 Å². The topological polar surface area (TPSA) is 74.3 Å². The van der Waals surface area contributed by atoms with E-state index in [0.717, 1.165) is 34.7 Å². The van der Waals surface area contributed by atoms with Crippen LogP contribution in [0, 0.1) is 0 Å². The van der Waals surface area contributed by atoms with E-state index in [9.17, 15) is 13.2 Å². The summed E-state index contributed by atoms with van der Waals surface area (Å²) >= 11 is 2.12. The average Bonchev–Trinajstić information content (AvgIpc) is 1.95. The Morgan fingerprint density at radius 2 is 1.00 bits per heavy atom. The van der Waals surface area contributed by atoms with Gasteiger partial charge in [0.1, 0.15) is 5.97 Å². The molecule has 0 radical (unpaired) electrons. The molecule has 12 heteroatoms. The number of halogens is 6. The van der Waals surface area contributed by atoms with Gasteiger partial charge in [0.25, 0.3) is 0 Å². The molecule has 0 spiro atoms. The van der Waals surface area contributed by atoms with E-state index >= 15 is 0 Å². The Labute approximate surface area is 91.7 Å². The molecule has 0 N–H and O–H groups in total. The van der Waals surface area contributed by atoms with E-state index in [2.05, 4.69) is 0 Å². The predicted octanol–water partition coefficient (Wildman–Crippen LogP) is -9.93. The molecular weight excluding hydrogens is 304 g/mol. The first-order chi connectivity index (χ1) is 4.94. The molecule has 0 aromatic carbocycles. The zero-order chi connectivity index (χ0) is 10.1. The average molecular weight is 304 g/mol. The fourth-order valence-electron chi connectivity index (χ4n) is 0. The van der Waals surface area contributed by atoms with Gasteiger partial charge in [-0.25, -0.2) is 0 Å². The molecule has 0 saturated carbocycles. The second-order valence-electron chi connectivity index (χ2n) is 0.785. The van der Waals surface area contributed by atoms with Gasteiger partial charge < -0.3 is 24.0 Å². The summed E-state index contributed by atoms with van der Waals surface area (Å²) in [4.78, 5) is 8.78. The van der Waals surface area contributed by atoms with Crippen LogP contribution >= 0.6 is 0 Å². The van der Waals surface area contributed by atoms with Gasteiger partial charge in [-0.15, -0.1) is 0 Å². The van der Waals surface area contributed by atoms with Gasteiger partial charge in [0.2, 0.25) is 0 Å². The van der Waals surface area contributed by atoms with E-state index in [-0.39, 0.29) is 14.1 Å². The maximum absolute atomic E-state index is 10.5. The molecular formula is C2F6O4V2. The third-order valence-corrected chi connectivity index (χ3v) is 0.231. The quantitative estimate of drug-likeness (QED) is 0.417. The van der Waals surface area contributed by atoms with Crippen LogP contribution in [-0.4, -0.2) is 12.1 Å². The number of rotatable bonds is 0. The van der Waals surface area contributed by atoms with Crippen LogP contribution in [0.1, 0.15) is 0 Å². The van der Waals surface area contributed by atoms with Gasteiger partial charge in [0.15, 0.2) is 0 Å². The number of hydrogen-bond donors (Lipinski definition) is 0. The van der Waals surface area contributed by atoms with Crippen molar-refractivity contribution in [3.8, 4) is 0 Å². The van der Waals surface area contributed by atoms with Gasteiger partial charge in [0, 0.05) is 0 Å². The van der Waals surface area contributed by atoms with Crippen LogP contribution in [0.3, 0.4) is 0 Å². The summed E-state index contributed by atoms with van der Waals surface area (Å²) in [5.74, 6) is -3.01. The summed E-state index contributed by atoms with van der Waals surface area (Å²) in [6.07, 6.45) is -5.19. The molecule has 0 aromatic heterocycles. The summed E-state index contributed by atoms with van der Waals surface area (Å²) in [6, 6.07) is 0. The molecule has 0 heterocycles. The molecule has 0 aliphatic heterocycles. The SMILES string of the molecule is O=C([O-])C(F)(F)F.[F-].[F-].[F-].[O]=[V+2].[O]=[V+2]. The molecule has 0 rings (SSSR count). The van der Waals surface area contributed by atoms with Crippen LogP contribution < -0.4 is 19.2 Å². The van der Waals surface area contributed by atoms with E-state index in [1.807, 2.05) is 0 Å². The molecule has 0 amide bonds. The number of carboxylic acid groups (broad SMARTS) is 1. The number of carboxylic acids is 1. The molecule has 0 aromatic rings. The first-order valence-electron chi connectivity index (χ1n) is 1.59. The Bertz CT molecular complexity index is 117. The van der Waals surface area contributed by atoms with E-state index < -0.39 is 12.1 Å². The molecule has 0 aliphatic carbocycles. The molecule has 0 fully saturated rings. The minimum atomic E-state index is -5.19. The summed E-state index contributed by atoms with van der Waals surface area (Å²) < 4.78 is 47.9. The minimum absolute atomic E-state index is 0. The molecule has 14 heavy (non-hydrogen) atoms. The van der Waals surface area contributed by atoms with E-state index in [1.165, 1.54) is 0 Å². The summed E-state index contributed by atoms with van der Waals surface area (Å²) in [6.45, 7) is 0. The molecule has 0 atom stereocenters. The Hall–Kier alpha value is -0.181. The predicted molar refractivity (Wildman–Crippen MR) is 12.4 cm³/mol. The summed E-state index contributed by atoms with van der Waals surface area (Å²) in [5, 5.41) is 8.78.